The van der Waals surface area contributed by atoms with E-state index < -0.39 is 0 Å². The highest BCUT2D eigenvalue weighted by atomic mass is 32.1. The summed E-state index contributed by atoms with van der Waals surface area (Å²) in [6.45, 7) is 2.46. The third-order valence-electron chi connectivity index (χ3n) is 4.09. The molecule has 132 valence electrons. The Morgan fingerprint density at radius 1 is 1.24 bits per heavy atom. The van der Waals surface area contributed by atoms with E-state index in [4.69, 9.17) is 4.98 Å². The maximum atomic E-state index is 12.0. The van der Waals surface area contributed by atoms with Crippen LogP contribution in [0.3, 0.4) is 0 Å². The van der Waals surface area contributed by atoms with Gasteiger partial charge >= 0.3 is 0 Å². The molecule has 3 aromatic rings. The van der Waals surface area contributed by atoms with Gasteiger partial charge in [0.2, 0.25) is 5.91 Å². The number of rotatable bonds is 8. The van der Waals surface area contributed by atoms with Gasteiger partial charge in [-0.3, -0.25) is 4.79 Å². The van der Waals surface area contributed by atoms with E-state index in [0.29, 0.717) is 13.0 Å². The van der Waals surface area contributed by atoms with Crippen LogP contribution in [-0.2, 0) is 24.2 Å². The molecule has 2 heterocycles. The van der Waals surface area contributed by atoms with Gasteiger partial charge in [0, 0.05) is 30.9 Å². The summed E-state index contributed by atoms with van der Waals surface area (Å²) >= 11 is 1.61. The number of hydrogen-bond acceptors (Lipinski definition) is 4. The van der Waals surface area contributed by atoms with Crippen LogP contribution in [0.2, 0.25) is 0 Å². The number of benzene rings is 1. The van der Waals surface area contributed by atoms with Gasteiger partial charge in [0.05, 0.1) is 17.5 Å². The number of thiophene rings is 1. The van der Waals surface area contributed by atoms with Crippen LogP contribution in [0, 0.1) is 0 Å². The summed E-state index contributed by atoms with van der Waals surface area (Å²) in [4.78, 5) is 20.1. The number of amides is 1. The van der Waals surface area contributed by atoms with Gasteiger partial charge in [0.1, 0.15) is 5.82 Å². The summed E-state index contributed by atoms with van der Waals surface area (Å²) in [5, 5.41) is 5.01. The molecule has 0 unspecified atom stereocenters. The van der Waals surface area contributed by atoms with Gasteiger partial charge in [-0.15, -0.1) is 11.3 Å². The fourth-order valence-electron chi connectivity index (χ4n) is 2.81. The van der Waals surface area contributed by atoms with Crippen LogP contribution in [0.25, 0.3) is 11.0 Å². The van der Waals surface area contributed by atoms with Crippen molar-refractivity contribution in [3.8, 4) is 0 Å². The average molecular weight is 356 g/mol. The van der Waals surface area contributed by atoms with Crippen LogP contribution in [0.1, 0.15) is 10.7 Å². The largest absolute Gasteiger partial charge is 0.355 e. The van der Waals surface area contributed by atoms with Crippen LogP contribution in [0.5, 0.6) is 0 Å². The Kier molecular flexibility index (Phi) is 5.83. The molecular formula is C19H24N4OS. The molecule has 1 aromatic carbocycles. The molecule has 0 saturated carbocycles. The molecule has 3 rings (SSSR count). The van der Waals surface area contributed by atoms with Gasteiger partial charge in [0.15, 0.2) is 0 Å². The predicted octanol–water partition coefficient (Wildman–Crippen LogP) is 2.56. The lowest BCUT2D eigenvalue weighted by Gasteiger charge is -2.13. The molecule has 0 spiro atoms. The number of para-hydroxylation sites is 2. The number of carbonyl (C=O) groups is 1. The molecule has 0 aliphatic carbocycles. The highest BCUT2D eigenvalue weighted by Gasteiger charge is 2.11. The number of imidazole rings is 1. The van der Waals surface area contributed by atoms with Gasteiger partial charge in [-0.2, -0.15) is 0 Å². The first-order valence-electron chi connectivity index (χ1n) is 8.51. The van der Waals surface area contributed by atoms with Gasteiger partial charge in [-0.25, -0.2) is 4.98 Å². The topological polar surface area (TPSA) is 50.2 Å². The highest BCUT2D eigenvalue weighted by molar-refractivity contribution is 7.10. The minimum absolute atomic E-state index is 0.0680. The van der Waals surface area contributed by atoms with Crippen molar-refractivity contribution in [1.29, 1.82) is 0 Å². The molecule has 0 saturated heterocycles. The molecule has 0 atom stereocenters. The molecule has 25 heavy (non-hydrogen) atoms. The molecule has 0 aliphatic rings. The first-order valence-corrected chi connectivity index (χ1v) is 9.39. The van der Waals surface area contributed by atoms with E-state index >= 15 is 0 Å². The van der Waals surface area contributed by atoms with E-state index in [-0.39, 0.29) is 5.91 Å². The van der Waals surface area contributed by atoms with E-state index in [0.717, 1.165) is 41.2 Å². The van der Waals surface area contributed by atoms with E-state index in [2.05, 4.69) is 34.9 Å². The van der Waals surface area contributed by atoms with Crippen molar-refractivity contribution in [3.63, 3.8) is 0 Å². The van der Waals surface area contributed by atoms with Crippen molar-refractivity contribution >= 4 is 28.3 Å². The van der Waals surface area contributed by atoms with E-state index in [1.165, 1.54) is 0 Å². The standard InChI is InChI=1S/C19H24N4OS/c1-22(2)11-12-23-17-8-4-3-7-16(17)21-18(23)9-10-20-19(24)14-15-6-5-13-25-15/h3-8,13H,9-12,14H2,1-2H3,(H,20,24). The van der Waals surface area contributed by atoms with Gasteiger partial charge in [-0.05, 0) is 37.7 Å². The molecule has 0 fully saturated rings. The Hall–Kier alpha value is -2.18. The lowest BCUT2D eigenvalue weighted by Crippen LogP contribution is -2.28. The molecule has 2 aromatic heterocycles. The smallest absolute Gasteiger partial charge is 0.225 e. The monoisotopic (exact) mass is 356 g/mol. The average Bonchev–Trinajstić information content (AvgIpc) is 3.20. The van der Waals surface area contributed by atoms with Crippen LogP contribution < -0.4 is 5.32 Å². The predicted molar refractivity (Wildman–Crippen MR) is 103 cm³/mol. The Bertz CT molecular complexity index is 823. The molecular weight excluding hydrogens is 332 g/mol. The number of fused-ring (bicyclic) bond motifs is 1. The van der Waals surface area contributed by atoms with Crippen LogP contribution in [0.4, 0.5) is 0 Å². The SMILES string of the molecule is CN(C)CCn1c(CCNC(=O)Cc2cccs2)nc2ccccc21. The van der Waals surface area contributed by atoms with Crippen molar-refractivity contribution < 1.29 is 4.79 Å². The zero-order valence-electron chi connectivity index (χ0n) is 14.7. The molecule has 0 aliphatic heterocycles. The summed E-state index contributed by atoms with van der Waals surface area (Å²) in [6, 6.07) is 12.2. The van der Waals surface area contributed by atoms with E-state index in [1.54, 1.807) is 11.3 Å². The molecule has 1 amide bonds. The molecule has 5 nitrogen and oxygen atoms in total. The highest BCUT2D eigenvalue weighted by Crippen LogP contribution is 2.16. The van der Waals surface area contributed by atoms with Crippen molar-refractivity contribution in [1.82, 2.24) is 19.8 Å². The Balaban J connectivity index is 1.63. The Labute approximate surface area is 152 Å². The quantitative estimate of drug-likeness (QED) is 0.675. The van der Waals surface area contributed by atoms with Crippen molar-refractivity contribution in [3.05, 3.63) is 52.5 Å². The van der Waals surface area contributed by atoms with Crippen LogP contribution in [0.15, 0.2) is 41.8 Å². The number of aromatic nitrogens is 2. The third-order valence-corrected chi connectivity index (χ3v) is 4.97. The summed E-state index contributed by atoms with van der Waals surface area (Å²) in [6.07, 6.45) is 1.19. The third kappa shape index (κ3) is 4.67. The zero-order valence-corrected chi connectivity index (χ0v) is 15.6. The van der Waals surface area contributed by atoms with Gasteiger partial charge in [-0.1, -0.05) is 18.2 Å². The lowest BCUT2D eigenvalue weighted by atomic mass is 10.3. The number of hydrogen-bond donors (Lipinski definition) is 1. The first kappa shape index (κ1) is 17.6. The minimum Gasteiger partial charge on any atom is -0.355 e. The second-order valence-electron chi connectivity index (χ2n) is 6.33. The van der Waals surface area contributed by atoms with Gasteiger partial charge < -0.3 is 14.8 Å². The lowest BCUT2D eigenvalue weighted by molar-refractivity contribution is -0.120. The van der Waals surface area contributed by atoms with Crippen molar-refractivity contribution in [2.75, 3.05) is 27.2 Å². The normalized spacial score (nSPS) is 11.3. The number of carbonyl (C=O) groups excluding carboxylic acids is 1. The van der Waals surface area contributed by atoms with E-state index in [9.17, 15) is 4.79 Å². The summed E-state index contributed by atoms with van der Waals surface area (Å²) in [5.41, 5.74) is 2.17. The molecule has 0 bridgehead atoms. The van der Waals surface area contributed by atoms with Crippen molar-refractivity contribution in [2.45, 2.75) is 19.4 Å². The van der Waals surface area contributed by atoms with E-state index in [1.807, 2.05) is 35.7 Å². The number of nitrogens with zero attached hydrogens (tertiary/aromatic N) is 3. The minimum atomic E-state index is 0.0680. The van der Waals surface area contributed by atoms with Gasteiger partial charge in [0.25, 0.3) is 0 Å². The zero-order chi connectivity index (χ0) is 17.6. The first-order chi connectivity index (χ1) is 12.1. The Morgan fingerprint density at radius 2 is 2.08 bits per heavy atom. The Morgan fingerprint density at radius 3 is 2.84 bits per heavy atom. The van der Waals surface area contributed by atoms with Crippen molar-refractivity contribution in [2.24, 2.45) is 0 Å². The molecule has 0 radical (unpaired) electrons. The maximum Gasteiger partial charge on any atom is 0.225 e. The van der Waals surface area contributed by atoms with Crippen LogP contribution >= 0.6 is 11.3 Å². The molecule has 6 heteroatoms. The fraction of sp³-hybridized carbons (Fsp3) is 0.368. The maximum absolute atomic E-state index is 12.0. The fourth-order valence-corrected chi connectivity index (χ4v) is 3.52. The summed E-state index contributed by atoms with van der Waals surface area (Å²) in [7, 11) is 4.15. The number of nitrogens with one attached hydrogen (secondary N) is 1. The number of likely N-dealkylation sites (N-methyl/N-ethyl adjacent to an activating group) is 1. The second kappa shape index (κ2) is 8.27. The van der Waals surface area contributed by atoms with Crippen LogP contribution in [-0.4, -0.2) is 47.5 Å². The second-order valence-corrected chi connectivity index (χ2v) is 7.36. The summed E-state index contributed by atoms with van der Waals surface area (Å²) in [5.74, 6) is 1.10. The summed E-state index contributed by atoms with van der Waals surface area (Å²) < 4.78 is 2.26. The molecule has 1 N–H and O–H groups in total.